The van der Waals surface area contributed by atoms with Gasteiger partial charge in [0.25, 0.3) is 0 Å². The number of nitrogens with zero attached hydrogens (tertiary/aromatic N) is 1. The molecular formula is C14H13N3O2. The normalized spacial score (nSPS) is 10.8. The molecule has 2 rings (SSSR count). The monoisotopic (exact) mass is 255 g/mol. The number of para-hydroxylation sites is 1. The van der Waals surface area contributed by atoms with E-state index in [9.17, 15) is 4.79 Å². The second kappa shape index (κ2) is 6.20. The van der Waals surface area contributed by atoms with E-state index in [2.05, 4.69) is 15.3 Å². The lowest BCUT2D eigenvalue weighted by Crippen LogP contribution is -2.17. The number of nitrogens with two attached hydrogens (primary N) is 1. The number of amides is 1. The van der Waals surface area contributed by atoms with Crippen LogP contribution < -0.4 is 11.1 Å². The summed E-state index contributed by atoms with van der Waals surface area (Å²) in [5, 5.41) is 6.10. The molecule has 0 unspecified atom stereocenters. The van der Waals surface area contributed by atoms with Crippen LogP contribution in [0.5, 0.6) is 0 Å². The summed E-state index contributed by atoms with van der Waals surface area (Å²) in [5.41, 5.74) is 7.00. The van der Waals surface area contributed by atoms with E-state index in [4.69, 9.17) is 5.73 Å². The van der Waals surface area contributed by atoms with Crippen molar-refractivity contribution in [3.05, 3.63) is 66.2 Å². The molecule has 0 aliphatic carbocycles. The van der Waals surface area contributed by atoms with Crippen LogP contribution in [0, 0.1) is 0 Å². The summed E-state index contributed by atoms with van der Waals surface area (Å²) in [6, 6.07) is 18.0. The predicted molar refractivity (Wildman–Crippen MR) is 73.7 cm³/mol. The van der Waals surface area contributed by atoms with Crippen LogP contribution in [0.3, 0.4) is 0 Å². The van der Waals surface area contributed by atoms with Gasteiger partial charge in [0.05, 0.1) is 0 Å². The molecule has 0 fully saturated rings. The number of hydrogen-bond acceptors (Lipinski definition) is 3. The molecule has 0 saturated heterocycles. The van der Waals surface area contributed by atoms with Gasteiger partial charge < -0.3 is 5.73 Å². The number of carbonyl (C=O) groups is 1. The van der Waals surface area contributed by atoms with Crippen LogP contribution in [0.4, 0.5) is 10.5 Å². The molecular weight excluding hydrogens is 242 g/mol. The van der Waals surface area contributed by atoms with Crippen molar-refractivity contribution < 1.29 is 9.63 Å². The maximum atomic E-state index is 11.5. The van der Waals surface area contributed by atoms with Gasteiger partial charge in [0.15, 0.2) is 5.84 Å². The van der Waals surface area contributed by atoms with Crippen molar-refractivity contribution in [3.63, 3.8) is 0 Å². The maximum Gasteiger partial charge on any atom is 0.437 e. The van der Waals surface area contributed by atoms with Crippen molar-refractivity contribution in [2.24, 2.45) is 10.9 Å². The quantitative estimate of drug-likeness (QED) is 0.383. The van der Waals surface area contributed by atoms with Crippen molar-refractivity contribution in [2.75, 3.05) is 5.32 Å². The summed E-state index contributed by atoms with van der Waals surface area (Å²) in [7, 11) is 0. The summed E-state index contributed by atoms with van der Waals surface area (Å²) in [4.78, 5) is 16.1. The van der Waals surface area contributed by atoms with Crippen molar-refractivity contribution in [1.29, 1.82) is 0 Å². The second-order valence-electron chi connectivity index (χ2n) is 3.71. The molecule has 96 valence electrons. The molecule has 0 aliphatic heterocycles. The van der Waals surface area contributed by atoms with E-state index < -0.39 is 6.09 Å². The Hall–Kier alpha value is -2.82. The molecule has 5 heteroatoms. The van der Waals surface area contributed by atoms with E-state index >= 15 is 0 Å². The molecule has 0 aliphatic rings. The number of hydrogen-bond donors (Lipinski definition) is 2. The van der Waals surface area contributed by atoms with Crippen LogP contribution in [-0.4, -0.2) is 11.9 Å². The molecule has 0 heterocycles. The van der Waals surface area contributed by atoms with Crippen molar-refractivity contribution in [3.8, 4) is 0 Å². The number of carbonyl (C=O) groups excluding carboxylic acids is 1. The van der Waals surface area contributed by atoms with Crippen LogP contribution in [-0.2, 0) is 4.84 Å². The van der Waals surface area contributed by atoms with E-state index in [-0.39, 0.29) is 5.84 Å². The third-order valence-corrected chi connectivity index (χ3v) is 2.32. The lowest BCUT2D eigenvalue weighted by Gasteiger charge is -2.03. The Morgan fingerprint density at radius 2 is 1.58 bits per heavy atom. The molecule has 0 saturated carbocycles. The first-order valence-corrected chi connectivity index (χ1v) is 5.67. The lowest BCUT2D eigenvalue weighted by atomic mass is 10.2. The second-order valence-corrected chi connectivity index (χ2v) is 3.71. The van der Waals surface area contributed by atoms with Gasteiger partial charge in [0.2, 0.25) is 0 Å². The highest BCUT2D eigenvalue weighted by molar-refractivity contribution is 5.97. The first kappa shape index (κ1) is 12.6. The Kier molecular flexibility index (Phi) is 4.12. The minimum absolute atomic E-state index is 0.142. The summed E-state index contributed by atoms with van der Waals surface area (Å²) in [6.45, 7) is 0. The van der Waals surface area contributed by atoms with Gasteiger partial charge in [0.1, 0.15) is 0 Å². The molecule has 1 amide bonds. The van der Waals surface area contributed by atoms with Crippen molar-refractivity contribution in [2.45, 2.75) is 0 Å². The Morgan fingerprint density at radius 1 is 1.00 bits per heavy atom. The highest BCUT2D eigenvalue weighted by atomic mass is 16.7. The molecule has 3 N–H and O–H groups in total. The van der Waals surface area contributed by atoms with Crippen LogP contribution in [0.1, 0.15) is 5.56 Å². The van der Waals surface area contributed by atoms with Gasteiger partial charge in [-0.05, 0) is 12.1 Å². The topological polar surface area (TPSA) is 76.7 Å². The Balaban J connectivity index is 1.93. The fourth-order valence-electron chi connectivity index (χ4n) is 1.41. The lowest BCUT2D eigenvalue weighted by molar-refractivity contribution is 0.166. The number of oxime groups is 1. The summed E-state index contributed by atoms with van der Waals surface area (Å²) < 4.78 is 0. The molecule has 0 radical (unpaired) electrons. The van der Waals surface area contributed by atoms with Gasteiger partial charge in [-0.2, -0.15) is 0 Å². The third kappa shape index (κ3) is 3.85. The SMILES string of the molecule is NC(=NOC(=O)Nc1ccccc1)c1ccccc1. The predicted octanol–water partition coefficient (Wildman–Crippen LogP) is 2.56. The van der Waals surface area contributed by atoms with Crippen LogP contribution in [0.15, 0.2) is 65.8 Å². The Labute approximate surface area is 110 Å². The Bertz CT molecular complexity index is 568. The number of rotatable bonds is 3. The highest BCUT2D eigenvalue weighted by Gasteiger charge is 2.03. The van der Waals surface area contributed by atoms with Crippen molar-refractivity contribution in [1.82, 2.24) is 0 Å². The van der Waals surface area contributed by atoms with Crippen molar-refractivity contribution >= 4 is 17.6 Å². The van der Waals surface area contributed by atoms with Gasteiger partial charge in [-0.25, -0.2) is 4.79 Å². The Morgan fingerprint density at radius 3 is 2.21 bits per heavy atom. The van der Waals surface area contributed by atoms with E-state index in [0.717, 1.165) is 0 Å². The molecule has 0 aromatic heterocycles. The molecule has 19 heavy (non-hydrogen) atoms. The maximum absolute atomic E-state index is 11.5. The summed E-state index contributed by atoms with van der Waals surface area (Å²) >= 11 is 0. The first-order chi connectivity index (χ1) is 9.25. The standard InChI is InChI=1S/C14H13N3O2/c15-13(11-7-3-1-4-8-11)17-19-14(18)16-12-9-5-2-6-10-12/h1-10H,(H2,15,17)(H,16,18). The van der Waals surface area contributed by atoms with E-state index in [1.54, 1.807) is 36.4 Å². The number of amidine groups is 1. The minimum atomic E-state index is -0.690. The average molecular weight is 255 g/mol. The molecule has 2 aromatic carbocycles. The van der Waals surface area contributed by atoms with Gasteiger partial charge >= 0.3 is 6.09 Å². The zero-order chi connectivity index (χ0) is 13.5. The fourth-order valence-corrected chi connectivity index (χ4v) is 1.41. The summed E-state index contributed by atoms with van der Waals surface area (Å²) in [5.74, 6) is 0.142. The summed E-state index contributed by atoms with van der Waals surface area (Å²) in [6.07, 6.45) is -0.690. The molecule has 0 spiro atoms. The highest BCUT2D eigenvalue weighted by Crippen LogP contribution is 2.05. The van der Waals surface area contributed by atoms with Gasteiger partial charge in [-0.3, -0.25) is 10.2 Å². The average Bonchev–Trinajstić information content (AvgIpc) is 2.47. The third-order valence-electron chi connectivity index (χ3n) is 2.32. The number of anilines is 1. The van der Waals surface area contributed by atoms with E-state index in [0.29, 0.717) is 11.3 Å². The largest absolute Gasteiger partial charge is 0.437 e. The molecule has 0 atom stereocenters. The van der Waals surface area contributed by atoms with Crippen LogP contribution >= 0.6 is 0 Å². The number of nitrogens with one attached hydrogen (secondary N) is 1. The van der Waals surface area contributed by atoms with Gasteiger partial charge in [-0.15, -0.1) is 0 Å². The van der Waals surface area contributed by atoms with Crippen LogP contribution in [0.2, 0.25) is 0 Å². The fraction of sp³-hybridized carbons (Fsp3) is 0. The molecule has 5 nitrogen and oxygen atoms in total. The molecule has 2 aromatic rings. The van der Waals surface area contributed by atoms with Gasteiger partial charge in [-0.1, -0.05) is 53.7 Å². The van der Waals surface area contributed by atoms with E-state index in [1.807, 2.05) is 24.3 Å². The number of benzene rings is 2. The van der Waals surface area contributed by atoms with Crippen LogP contribution in [0.25, 0.3) is 0 Å². The van der Waals surface area contributed by atoms with E-state index in [1.165, 1.54) is 0 Å². The molecule has 0 bridgehead atoms. The van der Waals surface area contributed by atoms with Gasteiger partial charge in [0, 0.05) is 11.3 Å². The smallest absolute Gasteiger partial charge is 0.380 e. The zero-order valence-corrected chi connectivity index (χ0v) is 10.1. The zero-order valence-electron chi connectivity index (χ0n) is 10.1. The minimum Gasteiger partial charge on any atom is -0.380 e. The first-order valence-electron chi connectivity index (χ1n) is 5.67.